The number of anilines is 6. The number of hydrogen-bond acceptors (Lipinski definition) is 2. The van der Waals surface area contributed by atoms with E-state index in [4.69, 9.17) is 0 Å². The maximum Gasteiger partial charge on any atom is 0.0497 e. The normalized spacial score (nSPS) is 11.5. The van der Waals surface area contributed by atoms with E-state index < -0.39 is 0 Å². The van der Waals surface area contributed by atoms with Crippen LogP contribution in [0.15, 0.2) is 206 Å². The van der Waals surface area contributed by atoms with Crippen LogP contribution in [0.25, 0.3) is 66.1 Å². The first kappa shape index (κ1) is 37.3. The molecule has 2 nitrogen and oxygen atoms in total. The Morgan fingerprint density at radius 1 is 0.242 bits per heavy atom. The van der Waals surface area contributed by atoms with Crippen molar-refractivity contribution in [1.82, 2.24) is 0 Å². The lowest BCUT2D eigenvalue weighted by atomic mass is 9.78. The Labute approximate surface area is 364 Å². The third kappa shape index (κ3) is 6.44. The highest BCUT2D eigenvalue weighted by atomic mass is 15.2. The lowest BCUT2D eigenvalue weighted by molar-refractivity contribution is 1.23. The average Bonchev–Trinajstić information content (AvgIpc) is 3.31. The van der Waals surface area contributed by atoms with E-state index in [1.54, 1.807) is 0 Å². The van der Waals surface area contributed by atoms with E-state index in [1.165, 1.54) is 111 Å². The van der Waals surface area contributed by atoms with E-state index in [1.807, 2.05) is 0 Å². The molecule has 296 valence electrons. The third-order valence-electron chi connectivity index (χ3n) is 12.8. The summed E-state index contributed by atoms with van der Waals surface area (Å²) in [4.78, 5) is 4.88. The van der Waals surface area contributed by atoms with E-state index >= 15 is 0 Å². The van der Waals surface area contributed by atoms with Crippen molar-refractivity contribution < 1.29 is 0 Å². The zero-order valence-corrected chi connectivity index (χ0v) is 35.5. The minimum Gasteiger partial charge on any atom is -0.310 e. The number of benzene rings is 10. The average molecular weight is 795 g/mol. The van der Waals surface area contributed by atoms with Crippen LogP contribution >= 0.6 is 0 Å². The van der Waals surface area contributed by atoms with Crippen molar-refractivity contribution in [2.24, 2.45) is 0 Å². The quantitative estimate of drug-likeness (QED) is 0.151. The fraction of sp³-hybridized carbons (Fsp3) is 0.0667. The van der Waals surface area contributed by atoms with E-state index in [-0.39, 0.29) is 0 Å². The lowest BCUT2D eigenvalue weighted by Crippen LogP contribution is -2.13. The number of fused-ring (bicyclic) bond motifs is 6. The lowest BCUT2D eigenvalue weighted by Gasteiger charge is -2.30. The number of hydrogen-bond donors (Lipinski definition) is 0. The second kappa shape index (κ2) is 15.1. The van der Waals surface area contributed by atoms with Gasteiger partial charge in [-0.3, -0.25) is 0 Å². The Hall–Kier alpha value is -7.68. The highest BCUT2D eigenvalue weighted by Gasteiger charge is 2.26. The van der Waals surface area contributed by atoms with Crippen molar-refractivity contribution in [3.05, 3.63) is 229 Å². The largest absolute Gasteiger partial charge is 0.310 e. The Morgan fingerprint density at radius 2 is 0.597 bits per heavy atom. The molecule has 1 aliphatic carbocycles. The van der Waals surface area contributed by atoms with Crippen LogP contribution in [0.3, 0.4) is 0 Å². The Bertz CT molecular complexity index is 3120. The molecule has 0 saturated carbocycles. The molecule has 10 aromatic rings. The maximum atomic E-state index is 2.44. The van der Waals surface area contributed by atoms with Crippen LogP contribution in [0.1, 0.15) is 22.3 Å². The fourth-order valence-corrected chi connectivity index (χ4v) is 9.44. The Balaban J connectivity index is 1.01. The maximum absolute atomic E-state index is 2.44. The summed E-state index contributed by atoms with van der Waals surface area (Å²) in [6.07, 6.45) is 0. The van der Waals surface area contributed by atoms with E-state index in [0.29, 0.717) is 0 Å². The molecule has 0 bridgehead atoms. The summed E-state index contributed by atoms with van der Waals surface area (Å²) < 4.78 is 0. The Morgan fingerprint density at radius 3 is 1.00 bits per heavy atom. The van der Waals surface area contributed by atoms with Crippen molar-refractivity contribution in [2.75, 3.05) is 9.80 Å². The smallest absolute Gasteiger partial charge is 0.0497 e. The van der Waals surface area contributed by atoms with Gasteiger partial charge in [-0.15, -0.1) is 0 Å². The van der Waals surface area contributed by atoms with Crippen molar-refractivity contribution >= 4 is 55.7 Å². The van der Waals surface area contributed by atoms with Crippen molar-refractivity contribution in [2.45, 2.75) is 27.7 Å². The molecule has 10 aromatic carbocycles. The topological polar surface area (TPSA) is 6.48 Å². The summed E-state index contributed by atoms with van der Waals surface area (Å²) in [5.74, 6) is 0. The molecule has 0 aromatic heterocycles. The second-order valence-electron chi connectivity index (χ2n) is 16.8. The van der Waals surface area contributed by atoms with Crippen LogP contribution in [0.5, 0.6) is 0 Å². The molecule has 11 rings (SSSR count). The molecular weight excluding hydrogens is 749 g/mol. The van der Waals surface area contributed by atoms with Gasteiger partial charge in [-0.25, -0.2) is 0 Å². The zero-order chi connectivity index (χ0) is 41.9. The minimum absolute atomic E-state index is 1.14. The van der Waals surface area contributed by atoms with Crippen LogP contribution in [-0.2, 0) is 0 Å². The molecular formula is C60H46N2. The number of aryl methyl sites for hydroxylation is 4. The summed E-state index contributed by atoms with van der Waals surface area (Å²) in [6.45, 7) is 8.85. The summed E-state index contributed by atoms with van der Waals surface area (Å²) in [7, 11) is 0. The molecule has 1 aliphatic rings. The van der Waals surface area contributed by atoms with Crippen LogP contribution in [0.4, 0.5) is 34.1 Å². The van der Waals surface area contributed by atoms with Gasteiger partial charge in [-0.1, -0.05) is 133 Å². The SMILES string of the molecule is Cc1ccccc1N(c1ccc2cc3c(cc2c1)-c1cc2cc(N(c4ccccc4C)c4cc(-c5ccccc5)ccc4C)ccc2cc1-3)c1cc(-c2ccccc2)ccc1C. The predicted molar refractivity (Wildman–Crippen MR) is 265 cm³/mol. The van der Waals surface area contributed by atoms with Gasteiger partial charge in [0.05, 0.1) is 0 Å². The summed E-state index contributed by atoms with van der Waals surface area (Å²) >= 11 is 0. The summed E-state index contributed by atoms with van der Waals surface area (Å²) in [5.41, 5.74) is 22.0. The molecule has 2 heteroatoms. The standard InChI is InChI=1S/C60H46N2/c1-39-15-11-13-21-57(39)61(59-37-47(25-23-41(59)3)43-17-7-5-8-18-43)51-29-27-45-33-53-54-34-46-28-30-52(32-50(46)36-56(54)55(53)35-49(45)31-51)62(58-22-14-12-16-40(58)2)60-38-48(26-24-42(60)4)44-19-9-6-10-20-44/h5-38H,1-4H3. The van der Waals surface area contributed by atoms with Gasteiger partial charge < -0.3 is 9.80 Å². The summed E-state index contributed by atoms with van der Waals surface area (Å²) in [6, 6.07) is 76.0. The number of nitrogens with zero attached hydrogens (tertiary/aromatic N) is 2. The number of para-hydroxylation sites is 2. The Kier molecular flexibility index (Phi) is 9.09. The first-order valence-electron chi connectivity index (χ1n) is 21.6. The van der Waals surface area contributed by atoms with Gasteiger partial charge in [0.15, 0.2) is 0 Å². The van der Waals surface area contributed by atoms with Gasteiger partial charge in [-0.05, 0) is 189 Å². The molecule has 0 fully saturated rings. The predicted octanol–water partition coefficient (Wildman–Crippen LogP) is 17.1. The fourth-order valence-electron chi connectivity index (χ4n) is 9.44. The molecule has 0 atom stereocenters. The molecule has 0 N–H and O–H groups in total. The van der Waals surface area contributed by atoms with E-state index in [9.17, 15) is 0 Å². The summed E-state index contributed by atoms with van der Waals surface area (Å²) in [5, 5.41) is 4.96. The molecule has 0 saturated heterocycles. The highest BCUT2D eigenvalue weighted by Crippen LogP contribution is 2.52. The van der Waals surface area contributed by atoms with Gasteiger partial charge in [0.25, 0.3) is 0 Å². The third-order valence-corrected chi connectivity index (χ3v) is 12.8. The van der Waals surface area contributed by atoms with Gasteiger partial charge in [0.2, 0.25) is 0 Å². The molecule has 0 aliphatic heterocycles. The van der Waals surface area contributed by atoms with Crippen molar-refractivity contribution in [3.8, 4) is 44.5 Å². The van der Waals surface area contributed by atoms with Crippen molar-refractivity contribution in [3.63, 3.8) is 0 Å². The second-order valence-corrected chi connectivity index (χ2v) is 16.8. The molecule has 0 amide bonds. The van der Waals surface area contributed by atoms with Gasteiger partial charge in [-0.2, -0.15) is 0 Å². The van der Waals surface area contributed by atoms with Gasteiger partial charge >= 0.3 is 0 Å². The van der Waals surface area contributed by atoms with Gasteiger partial charge in [0.1, 0.15) is 0 Å². The van der Waals surface area contributed by atoms with Crippen LogP contribution in [0, 0.1) is 27.7 Å². The van der Waals surface area contributed by atoms with Crippen LogP contribution < -0.4 is 9.80 Å². The van der Waals surface area contributed by atoms with Crippen molar-refractivity contribution in [1.29, 1.82) is 0 Å². The molecule has 62 heavy (non-hydrogen) atoms. The first-order valence-corrected chi connectivity index (χ1v) is 21.6. The molecule has 0 heterocycles. The van der Waals surface area contributed by atoms with E-state index in [0.717, 1.165) is 11.4 Å². The molecule has 0 radical (unpaired) electrons. The molecule has 0 spiro atoms. The van der Waals surface area contributed by atoms with Crippen LogP contribution in [-0.4, -0.2) is 0 Å². The minimum atomic E-state index is 1.14. The zero-order valence-electron chi connectivity index (χ0n) is 35.5. The van der Waals surface area contributed by atoms with E-state index in [2.05, 4.69) is 244 Å². The first-order chi connectivity index (χ1) is 30.4. The monoisotopic (exact) mass is 794 g/mol. The number of rotatable bonds is 8. The van der Waals surface area contributed by atoms with Gasteiger partial charge in [0, 0.05) is 34.1 Å². The van der Waals surface area contributed by atoms with Crippen LogP contribution in [0.2, 0.25) is 0 Å². The molecule has 0 unspecified atom stereocenters. The highest BCUT2D eigenvalue weighted by molar-refractivity contribution is 6.12.